The average molecular weight is 520 g/mol. The molecule has 0 fully saturated rings. The number of alkyl halides is 3. The second kappa shape index (κ2) is 9.67. The topological polar surface area (TPSA) is 64.0 Å². The van der Waals surface area contributed by atoms with Crippen molar-refractivity contribution in [2.75, 3.05) is 5.32 Å². The highest BCUT2D eigenvalue weighted by Crippen LogP contribution is 2.35. The van der Waals surface area contributed by atoms with Crippen LogP contribution in [0, 0.1) is 0 Å². The highest BCUT2D eigenvalue weighted by Gasteiger charge is 2.34. The number of anilines is 1. The number of hydrogen-bond donors (Lipinski definition) is 1. The zero-order valence-electron chi connectivity index (χ0n) is 19.5. The van der Waals surface area contributed by atoms with Gasteiger partial charge in [-0.05, 0) is 35.7 Å². The number of para-hydroxylation sites is 1. The number of carbonyl (C=O) groups is 1. The van der Waals surface area contributed by atoms with Gasteiger partial charge in [0.05, 0.1) is 23.0 Å². The Morgan fingerprint density at radius 3 is 2.24 bits per heavy atom. The third-order valence-corrected chi connectivity index (χ3v) is 7.00. The smallest absolute Gasteiger partial charge is 0.324 e. The Morgan fingerprint density at radius 1 is 0.919 bits per heavy atom. The molecule has 5 aromatic rings. The maximum absolute atomic E-state index is 13.5. The van der Waals surface area contributed by atoms with E-state index in [9.17, 15) is 22.8 Å². The molecule has 37 heavy (non-hydrogen) atoms. The van der Waals surface area contributed by atoms with Crippen molar-refractivity contribution in [1.29, 1.82) is 0 Å². The van der Waals surface area contributed by atoms with Crippen molar-refractivity contribution in [3.63, 3.8) is 0 Å². The summed E-state index contributed by atoms with van der Waals surface area (Å²) in [6.45, 7) is 1.45. The molecule has 2 aromatic heterocycles. The maximum atomic E-state index is 13.5. The number of nitrogens with zero attached hydrogens (tertiary/aromatic N) is 2. The number of carbonyl (C=O) groups excluding carboxylic acids is 1. The number of fused-ring (bicyclic) bond motifs is 1. The van der Waals surface area contributed by atoms with E-state index in [1.165, 1.54) is 42.8 Å². The number of aromatic nitrogens is 2. The molecule has 1 N–H and O–H groups in total. The van der Waals surface area contributed by atoms with E-state index in [0.29, 0.717) is 15.8 Å². The third-order valence-electron chi connectivity index (χ3n) is 6.11. The first-order valence-corrected chi connectivity index (χ1v) is 12.2. The van der Waals surface area contributed by atoms with Crippen molar-refractivity contribution < 1.29 is 18.0 Å². The van der Waals surface area contributed by atoms with Crippen LogP contribution in [-0.2, 0) is 11.0 Å². The van der Waals surface area contributed by atoms with Crippen molar-refractivity contribution >= 4 is 33.1 Å². The zero-order valence-corrected chi connectivity index (χ0v) is 20.3. The van der Waals surface area contributed by atoms with E-state index in [1.807, 2.05) is 60.0 Å². The Bertz CT molecular complexity index is 1640. The van der Waals surface area contributed by atoms with Crippen LogP contribution in [0.5, 0.6) is 0 Å². The van der Waals surface area contributed by atoms with E-state index in [4.69, 9.17) is 0 Å². The molecular weight excluding hydrogens is 499 g/mol. The fourth-order valence-corrected chi connectivity index (χ4v) is 5.02. The molecule has 0 aliphatic rings. The number of amides is 1. The van der Waals surface area contributed by atoms with Crippen molar-refractivity contribution in [2.24, 2.45) is 0 Å². The summed E-state index contributed by atoms with van der Waals surface area (Å²) < 4.78 is 41.2. The minimum Gasteiger partial charge on any atom is -0.324 e. The summed E-state index contributed by atoms with van der Waals surface area (Å²) >= 11 is 1.31. The van der Waals surface area contributed by atoms with Crippen LogP contribution in [0.2, 0.25) is 0 Å². The van der Waals surface area contributed by atoms with E-state index in [1.54, 1.807) is 0 Å². The Balaban J connectivity index is 1.47. The van der Waals surface area contributed by atoms with Crippen LogP contribution in [0.3, 0.4) is 0 Å². The first-order chi connectivity index (χ1) is 17.7. The van der Waals surface area contributed by atoms with Crippen molar-refractivity contribution in [3.05, 3.63) is 106 Å². The summed E-state index contributed by atoms with van der Waals surface area (Å²) in [5.41, 5.74) is 1.82. The summed E-state index contributed by atoms with van der Waals surface area (Å²) in [6.07, 6.45) is -3.38. The molecule has 3 aromatic carbocycles. The molecule has 5 nitrogen and oxygen atoms in total. The molecule has 1 amide bonds. The quantitative estimate of drug-likeness (QED) is 0.272. The van der Waals surface area contributed by atoms with Crippen molar-refractivity contribution in [2.45, 2.75) is 19.1 Å². The van der Waals surface area contributed by atoms with Gasteiger partial charge in [-0.25, -0.2) is 4.98 Å². The summed E-state index contributed by atoms with van der Waals surface area (Å²) in [5, 5.41) is 4.50. The first kappa shape index (κ1) is 24.5. The average Bonchev–Trinajstić information content (AvgIpc) is 3.34. The fourth-order valence-electron chi connectivity index (χ4n) is 4.11. The molecule has 0 aliphatic heterocycles. The second-order valence-electron chi connectivity index (χ2n) is 8.44. The van der Waals surface area contributed by atoms with Gasteiger partial charge in [-0.15, -0.1) is 11.3 Å². The molecule has 2 heterocycles. The van der Waals surface area contributed by atoms with E-state index >= 15 is 0 Å². The summed E-state index contributed by atoms with van der Waals surface area (Å²) in [6, 6.07) is 21.3. The molecule has 1 atom stereocenters. The van der Waals surface area contributed by atoms with Gasteiger partial charge in [0.2, 0.25) is 5.91 Å². The Kier molecular flexibility index (Phi) is 6.39. The minimum absolute atomic E-state index is 0.357. The van der Waals surface area contributed by atoms with Crippen LogP contribution in [0.25, 0.3) is 32.5 Å². The predicted molar refractivity (Wildman–Crippen MR) is 140 cm³/mol. The van der Waals surface area contributed by atoms with Gasteiger partial charge in [0.1, 0.15) is 10.9 Å². The van der Waals surface area contributed by atoms with Gasteiger partial charge in [0.15, 0.2) is 0 Å². The Morgan fingerprint density at radius 2 is 1.54 bits per heavy atom. The van der Waals surface area contributed by atoms with Crippen molar-refractivity contribution in [1.82, 2.24) is 9.55 Å². The summed E-state index contributed by atoms with van der Waals surface area (Å²) in [4.78, 5) is 31.2. The van der Waals surface area contributed by atoms with Gasteiger partial charge in [0.25, 0.3) is 5.56 Å². The lowest BCUT2D eigenvalue weighted by atomic mass is 10.0. The molecule has 0 radical (unpaired) electrons. The molecule has 9 heteroatoms. The molecule has 1 unspecified atom stereocenters. The number of benzene rings is 3. The lowest BCUT2D eigenvalue weighted by Gasteiger charge is -2.18. The third kappa shape index (κ3) is 4.77. The molecule has 0 spiro atoms. The minimum atomic E-state index is -4.63. The van der Waals surface area contributed by atoms with Crippen LogP contribution in [0.1, 0.15) is 18.5 Å². The van der Waals surface area contributed by atoms with Gasteiger partial charge >= 0.3 is 6.18 Å². The first-order valence-electron chi connectivity index (χ1n) is 11.4. The van der Waals surface area contributed by atoms with Gasteiger partial charge in [0, 0.05) is 10.9 Å². The van der Waals surface area contributed by atoms with Gasteiger partial charge in [-0.3, -0.25) is 14.2 Å². The van der Waals surface area contributed by atoms with Crippen LogP contribution < -0.4 is 10.9 Å². The number of thiophene rings is 1. The number of hydrogen-bond acceptors (Lipinski definition) is 4. The van der Waals surface area contributed by atoms with Gasteiger partial charge in [-0.1, -0.05) is 66.7 Å². The van der Waals surface area contributed by atoms with E-state index < -0.39 is 29.2 Å². The van der Waals surface area contributed by atoms with Gasteiger partial charge in [-0.2, -0.15) is 13.2 Å². The summed E-state index contributed by atoms with van der Waals surface area (Å²) in [5.74, 6) is -0.760. The number of nitrogens with one attached hydrogen (secondary N) is 1. The number of rotatable bonds is 5. The molecule has 0 bridgehead atoms. The van der Waals surface area contributed by atoms with Crippen LogP contribution in [0.4, 0.5) is 18.9 Å². The monoisotopic (exact) mass is 519 g/mol. The highest BCUT2D eigenvalue weighted by atomic mass is 32.1. The number of halogens is 3. The summed E-state index contributed by atoms with van der Waals surface area (Å²) in [7, 11) is 0. The van der Waals surface area contributed by atoms with E-state index in [-0.39, 0.29) is 5.69 Å². The van der Waals surface area contributed by atoms with Crippen molar-refractivity contribution in [3.8, 4) is 22.3 Å². The van der Waals surface area contributed by atoms with Gasteiger partial charge < -0.3 is 5.32 Å². The molecule has 0 saturated heterocycles. The predicted octanol–water partition coefficient (Wildman–Crippen LogP) is 7.01. The maximum Gasteiger partial charge on any atom is 0.418 e. The molecule has 186 valence electrons. The van der Waals surface area contributed by atoms with E-state index in [2.05, 4.69) is 10.3 Å². The Labute approximate surface area is 213 Å². The molecule has 0 saturated carbocycles. The standard InChI is InChI=1S/C28H20F3N3O2S/c1-17(25(35)33-23-10-6-5-9-22(23)28(29,30)31)34-16-32-26-24(27(34)36)21(15-37-26)20-13-11-19(12-14-20)18-7-3-2-4-8-18/h2-17H,1H3,(H,33,35). The second-order valence-corrected chi connectivity index (χ2v) is 9.30. The SMILES string of the molecule is CC(C(=O)Nc1ccccc1C(F)(F)F)n1cnc2scc(-c3ccc(-c4ccccc4)cc3)c2c1=O. The van der Waals surface area contributed by atoms with Crippen LogP contribution in [-0.4, -0.2) is 15.5 Å². The fraction of sp³-hybridized carbons (Fsp3) is 0.107. The molecular formula is C28H20F3N3O2S. The zero-order chi connectivity index (χ0) is 26.2. The lowest BCUT2D eigenvalue weighted by Crippen LogP contribution is -2.32. The lowest BCUT2D eigenvalue weighted by molar-refractivity contribution is -0.137. The highest BCUT2D eigenvalue weighted by molar-refractivity contribution is 7.17. The largest absolute Gasteiger partial charge is 0.418 e. The van der Waals surface area contributed by atoms with Crippen LogP contribution >= 0.6 is 11.3 Å². The van der Waals surface area contributed by atoms with Crippen LogP contribution in [0.15, 0.2) is 95.4 Å². The molecule has 5 rings (SSSR count). The Hall–Kier alpha value is -4.24. The van der Waals surface area contributed by atoms with E-state index in [0.717, 1.165) is 27.3 Å². The normalized spacial score (nSPS) is 12.4. The molecule has 0 aliphatic carbocycles.